The number of aryl methyl sites for hydroxylation is 1. The molecule has 0 radical (unpaired) electrons. The molecule has 9 heteroatoms. The minimum Gasteiger partial charge on any atom is -0.353 e. The van der Waals surface area contributed by atoms with Gasteiger partial charge in [0.1, 0.15) is 5.82 Å². The Kier molecular flexibility index (Phi) is 6.54. The largest absolute Gasteiger partial charge is 0.417 e. The van der Waals surface area contributed by atoms with Crippen LogP contribution in [0.15, 0.2) is 45.9 Å². The van der Waals surface area contributed by atoms with E-state index in [9.17, 15) is 18.0 Å². The summed E-state index contributed by atoms with van der Waals surface area (Å²) in [7, 11) is 0. The number of amides is 1. The number of nitrogens with zero attached hydrogens (tertiary/aromatic N) is 3. The van der Waals surface area contributed by atoms with Gasteiger partial charge in [0.05, 0.1) is 11.3 Å². The third-order valence-corrected chi connectivity index (χ3v) is 6.17. The summed E-state index contributed by atoms with van der Waals surface area (Å²) in [5, 5.41) is 0. The van der Waals surface area contributed by atoms with Crippen LogP contribution in [0, 0.1) is 6.92 Å². The number of pyridine rings is 1. The first-order chi connectivity index (χ1) is 13.2. The van der Waals surface area contributed by atoms with Crippen LogP contribution in [0.1, 0.15) is 11.1 Å². The summed E-state index contributed by atoms with van der Waals surface area (Å²) in [5.74, 6) is 0.924. The van der Waals surface area contributed by atoms with E-state index in [4.69, 9.17) is 0 Å². The molecule has 1 aliphatic rings. The van der Waals surface area contributed by atoms with Gasteiger partial charge in [0.2, 0.25) is 5.91 Å². The molecule has 0 aliphatic carbocycles. The Hall–Kier alpha value is -1.74. The fourth-order valence-electron chi connectivity index (χ4n) is 2.93. The smallest absolute Gasteiger partial charge is 0.353 e. The predicted molar refractivity (Wildman–Crippen MR) is 108 cm³/mol. The van der Waals surface area contributed by atoms with Crippen LogP contribution < -0.4 is 4.90 Å². The second kappa shape index (κ2) is 8.73. The summed E-state index contributed by atoms with van der Waals surface area (Å²) in [4.78, 5) is 21.2. The molecule has 0 atom stereocenters. The van der Waals surface area contributed by atoms with Gasteiger partial charge in [0.15, 0.2) is 0 Å². The summed E-state index contributed by atoms with van der Waals surface area (Å²) in [6, 6.07) is 8.38. The maximum absolute atomic E-state index is 12.6. The number of benzene rings is 1. The summed E-state index contributed by atoms with van der Waals surface area (Å²) in [5.41, 5.74) is 0.357. The lowest BCUT2D eigenvalue weighted by atomic mass is 10.2. The maximum Gasteiger partial charge on any atom is 0.417 e. The van der Waals surface area contributed by atoms with Gasteiger partial charge in [-0.1, -0.05) is 15.9 Å². The number of thioether (sulfide) groups is 1. The Labute approximate surface area is 174 Å². The van der Waals surface area contributed by atoms with Crippen molar-refractivity contribution < 1.29 is 18.0 Å². The van der Waals surface area contributed by atoms with Gasteiger partial charge in [0.25, 0.3) is 0 Å². The molecule has 0 unspecified atom stereocenters. The standard InChI is InChI=1S/C19H19BrF3N3OS/c1-13-10-15(20)3-4-16(13)28-12-18(27)26-8-6-25(7-9-26)17-5-2-14(11-24-17)19(21,22)23/h2-5,10-11H,6-9,12H2,1H3. The van der Waals surface area contributed by atoms with Crippen molar-refractivity contribution in [3.63, 3.8) is 0 Å². The summed E-state index contributed by atoms with van der Waals surface area (Å²) < 4.78 is 38.9. The number of rotatable bonds is 4. The molecular formula is C19H19BrF3N3OS. The quantitative estimate of drug-likeness (QED) is 0.607. The number of hydrogen-bond donors (Lipinski definition) is 0. The topological polar surface area (TPSA) is 36.4 Å². The molecule has 2 heterocycles. The van der Waals surface area contributed by atoms with E-state index >= 15 is 0 Å². The number of carbonyl (C=O) groups is 1. The average molecular weight is 474 g/mol. The molecule has 0 spiro atoms. The number of halogens is 4. The molecule has 1 aliphatic heterocycles. The zero-order chi connectivity index (χ0) is 20.3. The van der Waals surface area contributed by atoms with Crippen molar-refractivity contribution in [2.75, 3.05) is 36.8 Å². The van der Waals surface area contributed by atoms with E-state index in [1.54, 1.807) is 4.90 Å². The van der Waals surface area contributed by atoms with E-state index < -0.39 is 11.7 Å². The highest BCUT2D eigenvalue weighted by Gasteiger charge is 2.31. The van der Waals surface area contributed by atoms with Crippen molar-refractivity contribution in [1.82, 2.24) is 9.88 Å². The third kappa shape index (κ3) is 5.20. The first-order valence-corrected chi connectivity index (χ1v) is 10.5. The van der Waals surface area contributed by atoms with Crippen molar-refractivity contribution in [2.24, 2.45) is 0 Å². The van der Waals surface area contributed by atoms with Gasteiger partial charge in [-0.2, -0.15) is 13.2 Å². The highest BCUT2D eigenvalue weighted by atomic mass is 79.9. The molecule has 0 bridgehead atoms. The highest BCUT2D eigenvalue weighted by Crippen LogP contribution is 2.29. The van der Waals surface area contributed by atoms with Gasteiger partial charge in [-0.05, 0) is 42.8 Å². The molecule has 0 saturated carbocycles. The fourth-order valence-corrected chi connectivity index (χ4v) is 4.32. The predicted octanol–water partition coefficient (Wildman–Crippen LogP) is 4.61. The molecule has 3 rings (SSSR count). The maximum atomic E-state index is 12.6. The first-order valence-electron chi connectivity index (χ1n) is 8.69. The van der Waals surface area contributed by atoms with Crippen LogP contribution >= 0.6 is 27.7 Å². The van der Waals surface area contributed by atoms with Gasteiger partial charge in [-0.3, -0.25) is 4.79 Å². The number of carbonyl (C=O) groups excluding carboxylic acids is 1. The van der Waals surface area contributed by atoms with Crippen molar-refractivity contribution in [3.8, 4) is 0 Å². The van der Waals surface area contributed by atoms with E-state index in [0.717, 1.165) is 27.2 Å². The van der Waals surface area contributed by atoms with Gasteiger partial charge in [-0.25, -0.2) is 4.98 Å². The van der Waals surface area contributed by atoms with Gasteiger partial charge >= 0.3 is 6.18 Å². The Morgan fingerprint density at radius 2 is 1.89 bits per heavy atom. The fraction of sp³-hybridized carbons (Fsp3) is 0.368. The molecule has 2 aromatic rings. The van der Waals surface area contributed by atoms with Crippen LogP contribution in [0.25, 0.3) is 0 Å². The Morgan fingerprint density at radius 1 is 1.18 bits per heavy atom. The van der Waals surface area contributed by atoms with Crippen molar-refractivity contribution in [3.05, 3.63) is 52.1 Å². The highest BCUT2D eigenvalue weighted by molar-refractivity contribution is 9.10. The number of alkyl halides is 3. The molecule has 0 N–H and O–H groups in total. The molecule has 1 amide bonds. The lowest BCUT2D eigenvalue weighted by Crippen LogP contribution is -2.49. The SMILES string of the molecule is Cc1cc(Br)ccc1SCC(=O)N1CCN(c2ccc(C(F)(F)F)cn2)CC1. The number of aromatic nitrogens is 1. The normalized spacial score (nSPS) is 15.0. The number of piperazine rings is 1. The Balaban J connectivity index is 1.51. The summed E-state index contributed by atoms with van der Waals surface area (Å²) in [6.07, 6.45) is -3.54. The van der Waals surface area contributed by atoms with Gasteiger partial charge in [0, 0.05) is 41.7 Å². The number of anilines is 1. The van der Waals surface area contributed by atoms with Crippen LogP contribution in [0.4, 0.5) is 19.0 Å². The summed E-state index contributed by atoms with van der Waals surface area (Å²) in [6.45, 7) is 4.16. The molecule has 1 saturated heterocycles. The Morgan fingerprint density at radius 3 is 2.46 bits per heavy atom. The lowest BCUT2D eigenvalue weighted by molar-refractivity contribution is -0.137. The second-order valence-corrected chi connectivity index (χ2v) is 8.40. The van der Waals surface area contributed by atoms with E-state index in [2.05, 4.69) is 20.9 Å². The van der Waals surface area contributed by atoms with Crippen LogP contribution in [0.2, 0.25) is 0 Å². The lowest BCUT2D eigenvalue weighted by Gasteiger charge is -2.35. The third-order valence-electron chi connectivity index (χ3n) is 4.52. The molecule has 1 fully saturated rings. The zero-order valence-corrected chi connectivity index (χ0v) is 17.6. The minimum absolute atomic E-state index is 0.0624. The van der Waals surface area contributed by atoms with Crippen molar-refractivity contribution in [2.45, 2.75) is 18.0 Å². The molecular weight excluding hydrogens is 455 g/mol. The van der Waals surface area contributed by atoms with Crippen molar-refractivity contribution in [1.29, 1.82) is 0 Å². The van der Waals surface area contributed by atoms with E-state index in [-0.39, 0.29) is 5.91 Å². The first kappa shape index (κ1) is 21.0. The molecule has 1 aromatic heterocycles. The second-order valence-electron chi connectivity index (χ2n) is 6.47. The monoisotopic (exact) mass is 473 g/mol. The van der Waals surface area contributed by atoms with Gasteiger partial charge < -0.3 is 9.80 Å². The van der Waals surface area contributed by atoms with E-state index in [0.29, 0.717) is 37.7 Å². The summed E-state index contributed by atoms with van der Waals surface area (Å²) >= 11 is 4.94. The van der Waals surface area contributed by atoms with E-state index in [1.807, 2.05) is 30.0 Å². The zero-order valence-electron chi connectivity index (χ0n) is 15.2. The molecule has 28 heavy (non-hydrogen) atoms. The Bertz CT molecular complexity index is 837. The van der Waals surface area contributed by atoms with Crippen LogP contribution in [-0.2, 0) is 11.0 Å². The number of hydrogen-bond acceptors (Lipinski definition) is 4. The molecule has 150 valence electrons. The molecule has 4 nitrogen and oxygen atoms in total. The van der Waals surface area contributed by atoms with E-state index in [1.165, 1.54) is 17.8 Å². The van der Waals surface area contributed by atoms with Crippen molar-refractivity contribution >= 4 is 39.4 Å². The minimum atomic E-state index is -4.39. The van der Waals surface area contributed by atoms with Crippen LogP contribution in [0.5, 0.6) is 0 Å². The van der Waals surface area contributed by atoms with Gasteiger partial charge in [-0.15, -0.1) is 11.8 Å². The average Bonchev–Trinajstić information content (AvgIpc) is 2.67. The van der Waals surface area contributed by atoms with Crippen LogP contribution in [0.3, 0.4) is 0 Å². The molecule has 1 aromatic carbocycles. The van der Waals surface area contributed by atoms with Crippen LogP contribution in [-0.4, -0.2) is 47.7 Å².